The number of rotatable bonds is 3. The largest absolute Gasteiger partial charge is 0.454 e. The summed E-state index contributed by atoms with van der Waals surface area (Å²) in [5, 5.41) is 0.441. The van der Waals surface area contributed by atoms with Crippen LogP contribution in [0.2, 0.25) is 5.02 Å². The fraction of sp³-hybridized carbons (Fsp3) is 0.0588. The standard InChI is InChI=1S/C17H13ClN2O4/c18-13-3-1-2-12(9-13)17(22)20-19-16(21)7-5-11-4-6-14-15(8-11)24-10-23-14/h1-9H,10H2,(H,19,21)(H,20,22). The number of hydrazine groups is 1. The Bertz CT molecular complexity index is 820. The molecule has 24 heavy (non-hydrogen) atoms. The van der Waals surface area contributed by atoms with Gasteiger partial charge >= 0.3 is 0 Å². The number of amides is 2. The Morgan fingerprint density at radius 1 is 1.04 bits per heavy atom. The molecule has 2 aromatic rings. The zero-order valence-corrected chi connectivity index (χ0v) is 13.2. The van der Waals surface area contributed by atoms with Gasteiger partial charge in [0.15, 0.2) is 11.5 Å². The molecule has 0 aliphatic carbocycles. The summed E-state index contributed by atoms with van der Waals surface area (Å²) in [7, 11) is 0. The van der Waals surface area contributed by atoms with Crippen molar-refractivity contribution >= 4 is 29.5 Å². The third-order valence-corrected chi connectivity index (χ3v) is 3.44. The number of halogens is 1. The first-order chi connectivity index (χ1) is 11.6. The number of nitrogens with one attached hydrogen (secondary N) is 2. The first-order valence-corrected chi connectivity index (χ1v) is 7.43. The van der Waals surface area contributed by atoms with Crippen molar-refractivity contribution in [1.82, 2.24) is 10.9 Å². The Labute approximate surface area is 143 Å². The van der Waals surface area contributed by atoms with E-state index in [0.717, 1.165) is 5.56 Å². The smallest absolute Gasteiger partial charge is 0.269 e. The molecule has 0 fully saturated rings. The molecule has 2 N–H and O–H groups in total. The van der Waals surface area contributed by atoms with Crippen molar-refractivity contribution in [3.05, 3.63) is 64.7 Å². The van der Waals surface area contributed by atoms with Crippen LogP contribution in [0.1, 0.15) is 15.9 Å². The van der Waals surface area contributed by atoms with E-state index >= 15 is 0 Å². The second kappa shape index (κ2) is 7.06. The van der Waals surface area contributed by atoms with Crippen LogP contribution in [0.3, 0.4) is 0 Å². The molecule has 3 rings (SSSR count). The van der Waals surface area contributed by atoms with E-state index in [2.05, 4.69) is 10.9 Å². The van der Waals surface area contributed by atoms with Gasteiger partial charge in [0, 0.05) is 16.7 Å². The number of fused-ring (bicyclic) bond motifs is 1. The van der Waals surface area contributed by atoms with E-state index in [4.69, 9.17) is 21.1 Å². The molecular weight excluding hydrogens is 332 g/mol. The second-order valence-electron chi connectivity index (χ2n) is 4.90. The van der Waals surface area contributed by atoms with E-state index in [0.29, 0.717) is 22.1 Å². The average molecular weight is 345 g/mol. The molecule has 0 saturated heterocycles. The number of benzene rings is 2. The highest BCUT2D eigenvalue weighted by molar-refractivity contribution is 6.30. The topological polar surface area (TPSA) is 76.7 Å². The quantitative estimate of drug-likeness (QED) is 0.662. The minimum atomic E-state index is -0.469. The maximum atomic E-state index is 11.9. The van der Waals surface area contributed by atoms with Gasteiger partial charge in [0.2, 0.25) is 6.79 Å². The Balaban J connectivity index is 1.55. The van der Waals surface area contributed by atoms with Crippen LogP contribution in [-0.2, 0) is 4.79 Å². The van der Waals surface area contributed by atoms with Gasteiger partial charge in [-0.3, -0.25) is 20.4 Å². The Morgan fingerprint density at radius 2 is 1.88 bits per heavy atom. The lowest BCUT2D eigenvalue weighted by atomic mass is 10.2. The number of ether oxygens (including phenoxy) is 2. The number of hydrogen-bond donors (Lipinski definition) is 2. The molecule has 2 amide bonds. The lowest BCUT2D eigenvalue weighted by Crippen LogP contribution is -2.40. The summed E-state index contributed by atoms with van der Waals surface area (Å²) >= 11 is 5.81. The van der Waals surface area contributed by atoms with Crippen LogP contribution in [0, 0.1) is 0 Å². The molecule has 2 aromatic carbocycles. The van der Waals surface area contributed by atoms with Crippen molar-refractivity contribution in [2.24, 2.45) is 0 Å². The molecule has 0 unspecified atom stereocenters. The molecule has 0 spiro atoms. The number of hydrogen-bond acceptors (Lipinski definition) is 4. The first kappa shape index (κ1) is 15.9. The van der Waals surface area contributed by atoms with Gasteiger partial charge in [-0.15, -0.1) is 0 Å². The third-order valence-electron chi connectivity index (χ3n) is 3.21. The van der Waals surface area contributed by atoms with Crippen LogP contribution < -0.4 is 20.3 Å². The SMILES string of the molecule is O=C(C=Cc1ccc2c(c1)OCO2)NNC(=O)c1cccc(Cl)c1. The second-order valence-corrected chi connectivity index (χ2v) is 5.34. The summed E-state index contributed by atoms with van der Waals surface area (Å²) in [5.74, 6) is 0.377. The van der Waals surface area contributed by atoms with E-state index in [9.17, 15) is 9.59 Å². The average Bonchev–Trinajstić information content (AvgIpc) is 3.05. The van der Waals surface area contributed by atoms with Crippen molar-refractivity contribution in [1.29, 1.82) is 0 Å². The van der Waals surface area contributed by atoms with Crippen molar-refractivity contribution in [3.8, 4) is 11.5 Å². The molecule has 1 aliphatic heterocycles. The molecule has 0 radical (unpaired) electrons. The number of carbonyl (C=O) groups excluding carboxylic acids is 2. The highest BCUT2D eigenvalue weighted by atomic mass is 35.5. The normalized spacial score (nSPS) is 12.2. The molecule has 1 aliphatic rings. The summed E-state index contributed by atoms with van der Waals surface area (Å²) in [6.07, 6.45) is 2.90. The summed E-state index contributed by atoms with van der Waals surface area (Å²) in [6.45, 7) is 0.193. The summed E-state index contributed by atoms with van der Waals surface area (Å²) in [4.78, 5) is 23.6. The van der Waals surface area contributed by atoms with Gasteiger partial charge < -0.3 is 9.47 Å². The highest BCUT2D eigenvalue weighted by Crippen LogP contribution is 2.32. The van der Waals surface area contributed by atoms with Crippen molar-refractivity contribution in [2.75, 3.05) is 6.79 Å². The predicted molar refractivity (Wildman–Crippen MR) is 88.7 cm³/mol. The number of carbonyl (C=O) groups is 2. The van der Waals surface area contributed by atoms with Crippen LogP contribution in [0.5, 0.6) is 11.5 Å². The maximum absolute atomic E-state index is 11.9. The molecule has 0 aromatic heterocycles. The first-order valence-electron chi connectivity index (χ1n) is 7.05. The van der Waals surface area contributed by atoms with E-state index < -0.39 is 11.8 Å². The van der Waals surface area contributed by atoms with Gasteiger partial charge in [-0.2, -0.15) is 0 Å². The van der Waals surface area contributed by atoms with Crippen LogP contribution in [0.25, 0.3) is 6.08 Å². The van der Waals surface area contributed by atoms with Crippen molar-refractivity contribution in [2.45, 2.75) is 0 Å². The van der Waals surface area contributed by atoms with Crippen LogP contribution in [0.15, 0.2) is 48.5 Å². The Morgan fingerprint density at radius 3 is 2.71 bits per heavy atom. The van der Waals surface area contributed by atoms with E-state index in [1.54, 1.807) is 42.5 Å². The monoisotopic (exact) mass is 344 g/mol. The maximum Gasteiger partial charge on any atom is 0.269 e. The molecule has 0 bridgehead atoms. The molecule has 6 nitrogen and oxygen atoms in total. The lowest BCUT2D eigenvalue weighted by Gasteiger charge is -2.05. The van der Waals surface area contributed by atoms with Gasteiger partial charge in [-0.1, -0.05) is 23.7 Å². The van der Waals surface area contributed by atoms with E-state index in [-0.39, 0.29) is 6.79 Å². The summed E-state index contributed by atoms with van der Waals surface area (Å²) < 4.78 is 10.5. The van der Waals surface area contributed by atoms with Crippen LogP contribution >= 0.6 is 11.6 Å². The molecule has 0 saturated carbocycles. The zero-order valence-electron chi connectivity index (χ0n) is 12.4. The molecule has 0 atom stereocenters. The molecule has 122 valence electrons. The summed E-state index contributed by atoms with van der Waals surface area (Å²) in [5.41, 5.74) is 5.73. The predicted octanol–water partition coefficient (Wildman–Crippen LogP) is 2.54. The molecular formula is C17H13ClN2O4. The summed E-state index contributed by atoms with van der Waals surface area (Å²) in [6, 6.07) is 11.7. The highest BCUT2D eigenvalue weighted by Gasteiger charge is 2.12. The minimum absolute atomic E-state index is 0.193. The Hall–Kier alpha value is -2.99. The van der Waals surface area contributed by atoms with E-state index in [1.165, 1.54) is 12.1 Å². The van der Waals surface area contributed by atoms with E-state index in [1.807, 2.05) is 0 Å². The molecule has 7 heteroatoms. The van der Waals surface area contributed by atoms with Gasteiger partial charge in [0.1, 0.15) is 0 Å². The molecule has 1 heterocycles. The van der Waals surface area contributed by atoms with Crippen LogP contribution in [0.4, 0.5) is 0 Å². The fourth-order valence-electron chi connectivity index (χ4n) is 2.05. The zero-order chi connectivity index (χ0) is 16.9. The lowest BCUT2D eigenvalue weighted by molar-refractivity contribution is -0.117. The van der Waals surface area contributed by atoms with Gasteiger partial charge in [-0.25, -0.2) is 0 Å². The van der Waals surface area contributed by atoms with Crippen molar-refractivity contribution in [3.63, 3.8) is 0 Å². The minimum Gasteiger partial charge on any atom is -0.454 e. The third kappa shape index (κ3) is 3.85. The van der Waals surface area contributed by atoms with Crippen LogP contribution in [-0.4, -0.2) is 18.6 Å². The van der Waals surface area contributed by atoms with Gasteiger partial charge in [0.25, 0.3) is 11.8 Å². The van der Waals surface area contributed by atoms with Crippen molar-refractivity contribution < 1.29 is 19.1 Å². The fourth-order valence-corrected chi connectivity index (χ4v) is 2.24. The van der Waals surface area contributed by atoms with Gasteiger partial charge in [-0.05, 0) is 42.0 Å². The Kier molecular flexibility index (Phi) is 4.67. The van der Waals surface area contributed by atoms with Gasteiger partial charge in [0.05, 0.1) is 0 Å².